The molecule has 2 rings (SSSR count). The number of carbonyl (C=O) groups is 1. The van der Waals surface area contributed by atoms with E-state index in [1.807, 2.05) is 0 Å². The predicted molar refractivity (Wildman–Crippen MR) is 67.1 cm³/mol. The van der Waals surface area contributed by atoms with Crippen LogP contribution < -0.4 is 4.74 Å². The maximum atomic E-state index is 10.8. The Kier molecular flexibility index (Phi) is 3.94. The molecule has 0 bridgehead atoms. The van der Waals surface area contributed by atoms with E-state index in [-0.39, 0.29) is 10.5 Å². The van der Waals surface area contributed by atoms with Crippen LogP contribution in [0.4, 0.5) is 0 Å². The molecule has 0 aromatic heterocycles. The number of benzene rings is 2. The Balaban J connectivity index is 2.19. The van der Waals surface area contributed by atoms with Crippen molar-refractivity contribution in [2.24, 2.45) is 0 Å². The molecule has 0 fully saturated rings. The number of carboxylic acids is 1. The molecule has 98 valence electrons. The van der Waals surface area contributed by atoms with Crippen LogP contribution in [-0.4, -0.2) is 19.8 Å². The summed E-state index contributed by atoms with van der Waals surface area (Å²) < 4.78 is 26.8. The van der Waals surface area contributed by atoms with Crippen molar-refractivity contribution in [3.63, 3.8) is 0 Å². The number of carboxylic acid groups (broad SMARTS) is 1. The maximum Gasteiger partial charge on any atom is 0.335 e. The average molecular weight is 277 g/mol. The van der Waals surface area contributed by atoms with Gasteiger partial charge in [0.25, 0.3) is 0 Å². The summed E-state index contributed by atoms with van der Waals surface area (Å²) in [5, 5.41) is 8.85. The normalized spacial score (nSPS) is 11.8. The zero-order valence-electron chi connectivity index (χ0n) is 9.61. The van der Waals surface area contributed by atoms with E-state index in [4.69, 9.17) is 9.84 Å². The molecule has 0 radical (unpaired) electrons. The number of rotatable bonds is 4. The quantitative estimate of drug-likeness (QED) is 0.867. The van der Waals surface area contributed by atoms with Gasteiger partial charge in [-0.05, 0) is 53.5 Å². The summed E-state index contributed by atoms with van der Waals surface area (Å²) in [6.45, 7) is 0. The second kappa shape index (κ2) is 5.64. The molecule has 0 saturated heterocycles. The van der Waals surface area contributed by atoms with E-state index in [0.29, 0.717) is 11.5 Å². The van der Waals surface area contributed by atoms with Gasteiger partial charge in [0, 0.05) is 4.90 Å². The standard InChI is InChI=1S/C13H10O5S/c14-13(15)9-2-1-3-11(8-9)18-10-4-6-12(7-5-10)19(16)17/h1-8H,(H,14,15)(H,16,17)/p-1. The molecule has 0 amide bonds. The lowest BCUT2D eigenvalue weighted by Gasteiger charge is -2.08. The smallest absolute Gasteiger partial charge is 0.335 e. The number of hydrogen-bond donors (Lipinski definition) is 1. The van der Waals surface area contributed by atoms with Crippen LogP contribution in [0.1, 0.15) is 10.4 Å². The number of hydrogen-bond acceptors (Lipinski definition) is 4. The maximum absolute atomic E-state index is 10.8. The van der Waals surface area contributed by atoms with Crippen LogP contribution in [0.25, 0.3) is 0 Å². The molecule has 19 heavy (non-hydrogen) atoms. The second-order valence-electron chi connectivity index (χ2n) is 3.64. The van der Waals surface area contributed by atoms with Gasteiger partial charge in [0.05, 0.1) is 5.56 Å². The Morgan fingerprint density at radius 1 is 1.11 bits per heavy atom. The van der Waals surface area contributed by atoms with Gasteiger partial charge in [-0.3, -0.25) is 4.21 Å². The van der Waals surface area contributed by atoms with Gasteiger partial charge in [0.2, 0.25) is 0 Å². The molecule has 0 aliphatic carbocycles. The molecule has 0 saturated carbocycles. The minimum absolute atomic E-state index is 0.120. The molecule has 2 aromatic rings. The van der Waals surface area contributed by atoms with Crippen LogP contribution in [0.2, 0.25) is 0 Å². The summed E-state index contributed by atoms with van der Waals surface area (Å²) in [5.74, 6) is -0.241. The van der Waals surface area contributed by atoms with Crippen molar-refractivity contribution in [3.05, 3.63) is 54.1 Å². The van der Waals surface area contributed by atoms with E-state index in [2.05, 4.69) is 0 Å². The molecule has 0 aliphatic heterocycles. The van der Waals surface area contributed by atoms with E-state index in [0.717, 1.165) is 0 Å². The van der Waals surface area contributed by atoms with E-state index in [1.165, 1.54) is 36.4 Å². The largest absolute Gasteiger partial charge is 0.768 e. The Hall–Kier alpha value is -2.18. The zero-order valence-corrected chi connectivity index (χ0v) is 10.4. The first kappa shape index (κ1) is 13.3. The number of ether oxygens (including phenoxy) is 1. The van der Waals surface area contributed by atoms with E-state index in [1.54, 1.807) is 12.1 Å². The van der Waals surface area contributed by atoms with Gasteiger partial charge in [-0.15, -0.1) is 0 Å². The molecule has 1 unspecified atom stereocenters. The fourth-order valence-electron chi connectivity index (χ4n) is 1.45. The molecule has 1 atom stereocenters. The Morgan fingerprint density at radius 2 is 1.79 bits per heavy atom. The highest BCUT2D eigenvalue weighted by Crippen LogP contribution is 2.23. The van der Waals surface area contributed by atoms with Crippen LogP contribution in [-0.2, 0) is 11.1 Å². The lowest BCUT2D eigenvalue weighted by Crippen LogP contribution is -1.96. The summed E-state index contributed by atoms with van der Waals surface area (Å²) in [6, 6.07) is 11.8. The van der Waals surface area contributed by atoms with Gasteiger partial charge in [-0.25, -0.2) is 4.79 Å². The van der Waals surface area contributed by atoms with Gasteiger partial charge in [-0.1, -0.05) is 6.07 Å². The van der Waals surface area contributed by atoms with Gasteiger partial charge >= 0.3 is 5.97 Å². The monoisotopic (exact) mass is 277 g/mol. The van der Waals surface area contributed by atoms with E-state index in [9.17, 15) is 13.6 Å². The van der Waals surface area contributed by atoms with Gasteiger partial charge in [-0.2, -0.15) is 0 Å². The molecule has 6 heteroatoms. The summed E-state index contributed by atoms with van der Waals surface area (Å²) in [4.78, 5) is 11.0. The first-order valence-electron chi connectivity index (χ1n) is 5.27. The van der Waals surface area contributed by atoms with Crippen LogP contribution in [0.15, 0.2) is 53.4 Å². The minimum Gasteiger partial charge on any atom is -0.768 e. The van der Waals surface area contributed by atoms with Crippen molar-refractivity contribution in [2.45, 2.75) is 4.90 Å². The molecule has 5 nitrogen and oxygen atoms in total. The third-order valence-electron chi connectivity index (χ3n) is 2.33. The van der Waals surface area contributed by atoms with Crippen molar-refractivity contribution in [2.75, 3.05) is 0 Å². The zero-order chi connectivity index (χ0) is 13.8. The summed E-state index contributed by atoms with van der Waals surface area (Å²) in [6.07, 6.45) is 0. The van der Waals surface area contributed by atoms with Crippen molar-refractivity contribution in [1.29, 1.82) is 0 Å². The van der Waals surface area contributed by atoms with Gasteiger partial charge in [0.1, 0.15) is 11.5 Å². The topological polar surface area (TPSA) is 86.7 Å². The summed E-state index contributed by atoms with van der Waals surface area (Å²) >= 11 is -2.28. The molecular formula is C13H9O5S-. The van der Waals surface area contributed by atoms with Crippen molar-refractivity contribution in [3.8, 4) is 11.5 Å². The molecule has 1 N–H and O–H groups in total. The third-order valence-corrected chi connectivity index (χ3v) is 2.99. The van der Waals surface area contributed by atoms with E-state index < -0.39 is 17.0 Å². The average Bonchev–Trinajstić information content (AvgIpc) is 2.39. The van der Waals surface area contributed by atoms with E-state index >= 15 is 0 Å². The first-order chi connectivity index (χ1) is 9.06. The number of aromatic carboxylic acids is 1. The summed E-state index contributed by atoms with van der Waals surface area (Å²) in [5.41, 5.74) is 0.120. The molecule has 0 heterocycles. The Labute approximate surface area is 111 Å². The molecule has 0 spiro atoms. The summed E-state index contributed by atoms with van der Waals surface area (Å²) in [7, 11) is 0. The van der Waals surface area contributed by atoms with Gasteiger partial charge in [0.15, 0.2) is 0 Å². The third kappa shape index (κ3) is 3.40. The Morgan fingerprint density at radius 3 is 2.37 bits per heavy atom. The highest BCUT2D eigenvalue weighted by Gasteiger charge is 2.04. The fourth-order valence-corrected chi connectivity index (χ4v) is 1.81. The van der Waals surface area contributed by atoms with Crippen LogP contribution in [0, 0.1) is 0 Å². The SMILES string of the molecule is O=C(O)c1cccc(Oc2ccc(S(=O)[O-])cc2)c1. The first-order valence-corrected chi connectivity index (χ1v) is 6.34. The van der Waals surface area contributed by atoms with Crippen LogP contribution in [0.3, 0.4) is 0 Å². The van der Waals surface area contributed by atoms with Crippen LogP contribution >= 0.6 is 0 Å². The lowest BCUT2D eigenvalue weighted by molar-refractivity contribution is 0.0696. The predicted octanol–water partition coefficient (Wildman–Crippen LogP) is 2.42. The van der Waals surface area contributed by atoms with Crippen molar-refractivity contribution in [1.82, 2.24) is 0 Å². The van der Waals surface area contributed by atoms with Crippen LogP contribution in [0.5, 0.6) is 11.5 Å². The minimum atomic E-state index is -2.28. The van der Waals surface area contributed by atoms with Crippen molar-refractivity contribution >= 4 is 17.0 Å². The Bertz CT molecular complexity index is 621. The molecule has 0 aliphatic rings. The highest BCUT2D eigenvalue weighted by molar-refractivity contribution is 7.79. The van der Waals surface area contributed by atoms with Gasteiger partial charge < -0.3 is 14.4 Å². The fraction of sp³-hybridized carbons (Fsp3) is 0. The second-order valence-corrected chi connectivity index (χ2v) is 4.58. The lowest BCUT2D eigenvalue weighted by atomic mass is 10.2. The molecular weight excluding hydrogens is 268 g/mol. The van der Waals surface area contributed by atoms with Crippen molar-refractivity contribution < 1.29 is 23.4 Å². The molecule has 2 aromatic carbocycles. The highest BCUT2D eigenvalue weighted by atomic mass is 32.2.